The van der Waals surface area contributed by atoms with Crippen LogP contribution in [0.2, 0.25) is 0 Å². The van der Waals surface area contributed by atoms with Crippen molar-refractivity contribution in [2.24, 2.45) is 5.10 Å². The quantitative estimate of drug-likeness (QED) is 0.271. The molecule has 4 rings (SSSR count). The zero-order valence-corrected chi connectivity index (χ0v) is 19.5. The Morgan fingerprint density at radius 2 is 1.91 bits per heavy atom. The number of nitrogens with one attached hydrogen (secondary N) is 2. The maximum absolute atomic E-state index is 12.6. The highest BCUT2D eigenvalue weighted by molar-refractivity contribution is 5.97. The fraction of sp³-hybridized carbons (Fsp3) is 0.222. The molecular formula is C27H28N4O3. The number of amides is 1. The number of hydrazone groups is 1. The molecule has 7 nitrogen and oxygen atoms in total. The molecule has 2 N–H and O–H groups in total. The summed E-state index contributed by atoms with van der Waals surface area (Å²) in [5.74, 6) is 1.87. The van der Waals surface area contributed by atoms with Gasteiger partial charge in [0.2, 0.25) is 0 Å². The van der Waals surface area contributed by atoms with Crippen LogP contribution in [0.1, 0.15) is 48.1 Å². The van der Waals surface area contributed by atoms with E-state index in [1.54, 1.807) is 18.3 Å². The van der Waals surface area contributed by atoms with Gasteiger partial charge in [-0.25, -0.2) is 10.4 Å². The highest BCUT2D eigenvalue weighted by atomic mass is 16.5. The standard InChI is InChI=1S/C27H28N4O3/c1-4-33-25-14-20(10-13-24(25)34-18(2)3)17-28-31-27(32)21-11-12-22-23(16-21)30-26(29-22)15-19-8-6-5-7-9-19/h5-14,16-18H,4,15H2,1-3H3,(H,29,30)(H,31,32)/b28-17-. The van der Waals surface area contributed by atoms with Gasteiger partial charge in [-0.3, -0.25) is 4.79 Å². The maximum Gasteiger partial charge on any atom is 0.271 e. The van der Waals surface area contributed by atoms with Crippen LogP contribution in [0.5, 0.6) is 11.5 Å². The van der Waals surface area contributed by atoms with Crippen molar-refractivity contribution in [3.05, 3.63) is 89.2 Å². The van der Waals surface area contributed by atoms with Gasteiger partial charge in [0.15, 0.2) is 11.5 Å². The van der Waals surface area contributed by atoms with Crippen molar-refractivity contribution in [3.63, 3.8) is 0 Å². The third-order valence-electron chi connectivity index (χ3n) is 5.02. The molecule has 0 atom stereocenters. The van der Waals surface area contributed by atoms with Crippen LogP contribution in [0.25, 0.3) is 11.0 Å². The molecule has 0 aliphatic carbocycles. The lowest BCUT2D eigenvalue weighted by Crippen LogP contribution is -2.17. The summed E-state index contributed by atoms with van der Waals surface area (Å²) in [6.45, 7) is 6.37. The minimum Gasteiger partial charge on any atom is -0.490 e. The van der Waals surface area contributed by atoms with Crippen molar-refractivity contribution < 1.29 is 14.3 Å². The number of carbonyl (C=O) groups excluding carboxylic acids is 1. The molecule has 174 valence electrons. The predicted molar refractivity (Wildman–Crippen MR) is 134 cm³/mol. The van der Waals surface area contributed by atoms with Crippen LogP contribution < -0.4 is 14.9 Å². The number of rotatable bonds is 9. The Kier molecular flexibility index (Phi) is 7.22. The predicted octanol–water partition coefficient (Wildman–Crippen LogP) is 5.10. The summed E-state index contributed by atoms with van der Waals surface area (Å²) in [6.07, 6.45) is 2.32. The summed E-state index contributed by atoms with van der Waals surface area (Å²) in [5, 5.41) is 4.10. The van der Waals surface area contributed by atoms with Crippen LogP contribution in [0, 0.1) is 0 Å². The van der Waals surface area contributed by atoms with Crippen molar-refractivity contribution in [1.82, 2.24) is 15.4 Å². The largest absolute Gasteiger partial charge is 0.490 e. The average molecular weight is 457 g/mol. The van der Waals surface area contributed by atoms with Gasteiger partial charge in [-0.05, 0) is 68.3 Å². The monoisotopic (exact) mass is 456 g/mol. The summed E-state index contributed by atoms with van der Waals surface area (Å²) in [5.41, 5.74) is 6.66. The third-order valence-corrected chi connectivity index (χ3v) is 5.02. The van der Waals surface area contributed by atoms with E-state index in [4.69, 9.17) is 9.47 Å². The summed E-state index contributed by atoms with van der Waals surface area (Å²) >= 11 is 0. The molecule has 7 heteroatoms. The van der Waals surface area contributed by atoms with Gasteiger partial charge >= 0.3 is 0 Å². The Labute approximate surface area is 198 Å². The number of nitrogens with zero attached hydrogens (tertiary/aromatic N) is 2. The summed E-state index contributed by atoms with van der Waals surface area (Å²) < 4.78 is 11.4. The minimum atomic E-state index is -0.304. The molecule has 0 fully saturated rings. The molecule has 0 aliphatic rings. The highest BCUT2D eigenvalue weighted by Crippen LogP contribution is 2.29. The Morgan fingerprint density at radius 1 is 1.09 bits per heavy atom. The van der Waals surface area contributed by atoms with E-state index in [-0.39, 0.29) is 12.0 Å². The lowest BCUT2D eigenvalue weighted by molar-refractivity contribution is 0.0955. The number of benzene rings is 3. The van der Waals surface area contributed by atoms with Crippen molar-refractivity contribution >= 4 is 23.2 Å². The number of hydrogen-bond donors (Lipinski definition) is 2. The molecule has 0 radical (unpaired) electrons. The number of ether oxygens (including phenoxy) is 2. The summed E-state index contributed by atoms with van der Waals surface area (Å²) in [7, 11) is 0. The Balaban J connectivity index is 1.43. The van der Waals surface area contributed by atoms with Gasteiger partial charge in [0.1, 0.15) is 5.82 Å². The van der Waals surface area contributed by atoms with Crippen LogP contribution in [-0.4, -0.2) is 34.8 Å². The van der Waals surface area contributed by atoms with E-state index in [9.17, 15) is 4.79 Å². The van der Waals surface area contributed by atoms with Gasteiger partial charge < -0.3 is 14.5 Å². The van der Waals surface area contributed by atoms with Gasteiger partial charge in [0.25, 0.3) is 5.91 Å². The van der Waals surface area contributed by atoms with Crippen LogP contribution in [0.4, 0.5) is 0 Å². The molecule has 34 heavy (non-hydrogen) atoms. The van der Waals surface area contributed by atoms with Gasteiger partial charge in [0, 0.05) is 12.0 Å². The summed E-state index contributed by atoms with van der Waals surface area (Å²) in [6, 6.07) is 21.0. The zero-order chi connectivity index (χ0) is 23.9. The number of H-pyrrole nitrogens is 1. The topological polar surface area (TPSA) is 88.6 Å². The van der Waals surface area contributed by atoms with Crippen LogP contribution in [0.15, 0.2) is 71.8 Å². The highest BCUT2D eigenvalue weighted by Gasteiger charge is 2.10. The molecule has 0 saturated heterocycles. The fourth-order valence-electron chi connectivity index (χ4n) is 3.53. The Hall–Kier alpha value is -4.13. The Morgan fingerprint density at radius 3 is 2.68 bits per heavy atom. The smallest absolute Gasteiger partial charge is 0.271 e. The molecule has 4 aromatic rings. The zero-order valence-electron chi connectivity index (χ0n) is 19.5. The molecule has 0 spiro atoms. The van der Waals surface area contributed by atoms with Gasteiger partial charge in [-0.2, -0.15) is 5.10 Å². The number of aromatic nitrogens is 2. The van der Waals surface area contributed by atoms with Gasteiger partial charge in [-0.15, -0.1) is 0 Å². The first-order valence-electron chi connectivity index (χ1n) is 11.3. The lowest BCUT2D eigenvalue weighted by Gasteiger charge is -2.14. The second-order valence-electron chi connectivity index (χ2n) is 8.08. The fourth-order valence-corrected chi connectivity index (χ4v) is 3.53. The van der Waals surface area contributed by atoms with Crippen molar-refractivity contribution in [1.29, 1.82) is 0 Å². The lowest BCUT2D eigenvalue weighted by atomic mass is 10.1. The summed E-state index contributed by atoms with van der Waals surface area (Å²) in [4.78, 5) is 20.5. The van der Waals surface area contributed by atoms with E-state index in [0.717, 1.165) is 22.4 Å². The van der Waals surface area contributed by atoms with Gasteiger partial charge in [-0.1, -0.05) is 30.3 Å². The molecule has 1 amide bonds. The first kappa shape index (κ1) is 23.0. The third kappa shape index (κ3) is 5.81. The Bertz CT molecular complexity index is 1300. The molecular weight excluding hydrogens is 428 g/mol. The average Bonchev–Trinajstić information content (AvgIpc) is 3.22. The first-order chi connectivity index (χ1) is 16.5. The SMILES string of the molecule is CCOc1cc(/C=N\NC(=O)c2ccc3nc(Cc4ccccc4)[nH]c3c2)ccc1OC(C)C. The van der Waals surface area contributed by atoms with Gasteiger partial charge in [0.05, 0.1) is 30.0 Å². The van der Waals surface area contributed by atoms with Crippen molar-refractivity contribution in [3.8, 4) is 11.5 Å². The molecule has 0 aliphatic heterocycles. The van der Waals surface area contributed by atoms with E-state index in [2.05, 4.69) is 32.6 Å². The van der Waals surface area contributed by atoms with Crippen molar-refractivity contribution in [2.75, 3.05) is 6.61 Å². The maximum atomic E-state index is 12.6. The number of aromatic amines is 1. The van der Waals surface area contributed by atoms with Crippen LogP contribution in [0.3, 0.4) is 0 Å². The number of carbonyl (C=O) groups is 1. The van der Waals surface area contributed by atoms with E-state index >= 15 is 0 Å². The normalized spacial score (nSPS) is 11.3. The first-order valence-corrected chi connectivity index (χ1v) is 11.3. The molecule has 0 unspecified atom stereocenters. The molecule has 0 saturated carbocycles. The van der Waals surface area contributed by atoms with E-state index < -0.39 is 0 Å². The molecule has 1 heterocycles. The van der Waals surface area contributed by atoms with E-state index in [0.29, 0.717) is 30.1 Å². The molecule has 0 bridgehead atoms. The minimum absolute atomic E-state index is 0.0413. The second-order valence-corrected chi connectivity index (χ2v) is 8.08. The molecule has 1 aromatic heterocycles. The number of fused-ring (bicyclic) bond motifs is 1. The number of hydrogen-bond acceptors (Lipinski definition) is 5. The van der Waals surface area contributed by atoms with Crippen molar-refractivity contribution in [2.45, 2.75) is 33.3 Å². The van der Waals surface area contributed by atoms with E-state index in [1.165, 1.54) is 5.56 Å². The number of imidazole rings is 1. The molecule has 3 aromatic carbocycles. The van der Waals surface area contributed by atoms with Crippen LogP contribution in [-0.2, 0) is 6.42 Å². The van der Waals surface area contributed by atoms with E-state index in [1.807, 2.05) is 63.2 Å². The second kappa shape index (κ2) is 10.7. The van der Waals surface area contributed by atoms with Crippen LogP contribution >= 0.6 is 0 Å².